The monoisotopic (exact) mass is 659 g/mol. The molecule has 2 N–H and O–H groups in total. The zero-order valence-electron chi connectivity index (χ0n) is 18.0. The molecule has 0 amide bonds. The lowest BCUT2D eigenvalue weighted by molar-refractivity contribution is -0.385. The van der Waals surface area contributed by atoms with Crippen LogP contribution in [-0.2, 0) is 0 Å². The van der Waals surface area contributed by atoms with Crippen molar-refractivity contribution in [1.29, 1.82) is 0 Å². The highest BCUT2D eigenvalue weighted by Crippen LogP contribution is 2.35. The van der Waals surface area contributed by atoms with Gasteiger partial charge in [0.15, 0.2) is 5.84 Å². The Morgan fingerprint density at radius 3 is 2.49 bits per heavy atom. The molecule has 1 aromatic heterocycles. The van der Waals surface area contributed by atoms with Crippen molar-refractivity contribution in [1.82, 2.24) is 10.4 Å². The topological polar surface area (TPSA) is 113 Å². The summed E-state index contributed by atoms with van der Waals surface area (Å²) in [5, 5.41) is 26.7. The number of nitrogens with zero attached hydrogens (tertiary/aromatic N) is 4. The van der Waals surface area contributed by atoms with E-state index >= 15 is 0 Å². The number of hydrogen-bond donors (Lipinski definition) is 2. The number of rotatable bonds is 5. The maximum Gasteiger partial charge on any atom is 0.271 e. The van der Waals surface area contributed by atoms with Gasteiger partial charge in [0.2, 0.25) is 0 Å². The molecular formula is C24H16Br3N5O3. The summed E-state index contributed by atoms with van der Waals surface area (Å²) in [5.74, 6) is 0.161. The van der Waals surface area contributed by atoms with Crippen LogP contribution in [0.4, 0.5) is 11.4 Å². The van der Waals surface area contributed by atoms with Crippen LogP contribution in [-0.4, -0.2) is 27.1 Å². The molecule has 1 heterocycles. The van der Waals surface area contributed by atoms with Gasteiger partial charge in [0.05, 0.1) is 26.8 Å². The number of pyridine rings is 1. The predicted molar refractivity (Wildman–Crippen MR) is 148 cm³/mol. The number of aryl methyl sites for hydroxylation is 1. The third kappa shape index (κ3) is 5.75. The first kappa shape index (κ1) is 25.0. The van der Waals surface area contributed by atoms with Crippen molar-refractivity contribution in [2.75, 3.05) is 0 Å². The fraction of sp³-hybridized carbons (Fsp3) is 0.0417. The number of aromatic nitrogens is 1. The lowest BCUT2D eigenvalue weighted by atomic mass is 10.2. The van der Waals surface area contributed by atoms with Crippen LogP contribution < -0.4 is 5.43 Å². The highest BCUT2D eigenvalue weighted by Gasteiger charge is 2.14. The number of nitro benzene ring substituents is 1. The van der Waals surface area contributed by atoms with Gasteiger partial charge in [-0.2, -0.15) is 5.10 Å². The van der Waals surface area contributed by atoms with Crippen molar-refractivity contribution in [3.8, 4) is 5.75 Å². The van der Waals surface area contributed by atoms with Crippen LogP contribution in [0.5, 0.6) is 5.75 Å². The van der Waals surface area contributed by atoms with Gasteiger partial charge in [-0.05, 0) is 84.5 Å². The minimum Gasteiger partial charge on any atom is -0.506 e. The van der Waals surface area contributed by atoms with Crippen LogP contribution in [0.15, 0.2) is 84.2 Å². The van der Waals surface area contributed by atoms with Crippen LogP contribution in [0.25, 0.3) is 10.9 Å². The number of aliphatic imine (C=N–C) groups is 1. The van der Waals surface area contributed by atoms with Gasteiger partial charge in [-0.3, -0.25) is 15.5 Å². The number of nitrogens with one attached hydrogen (secondary N) is 1. The lowest BCUT2D eigenvalue weighted by Gasteiger charge is -2.10. The number of non-ortho nitro benzene ring substituents is 1. The van der Waals surface area contributed by atoms with Gasteiger partial charge in [0, 0.05) is 32.0 Å². The third-order valence-electron chi connectivity index (χ3n) is 4.89. The number of phenolic OH excluding ortho intramolecular Hbond substituents is 1. The van der Waals surface area contributed by atoms with E-state index in [1.54, 1.807) is 0 Å². The fourth-order valence-corrected chi connectivity index (χ4v) is 5.28. The fourth-order valence-electron chi connectivity index (χ4n) is 3.22. The molecule has 11 heteroatoms. The van der Waals surface area contributed by atoms with Crippen molar-refractivity contribution < 1.29 is 10.0 Å². The molecule has 8 nitrogen and oxygen atoms in total. The summed E-state index contributed by atoms with van der Waals surface area (Å²) in [6, 6.07) is 17.8. The molecule has 0 saturated carbocycles. The highest BCUT2D eigenvalue weighted by molar-refractivity contribution is 9.11. The van der Waals surface area contributed by atoms with Crippen molar-refractivity contribution in [3.63, 3.8) is 0 Å². The molecule has 0 spiro atoms. The second-order valence-electron chi connectivity index (χ2n) is 7.42. The standard InChI is InChI=1S/C24H16Br3N5O3/c1-13-8-17(25)22(18(26)9-13)30-24(21-7-6-14-4-2-3-5-20(14)29-21)31-28-12-15-10-16(32(34)35)11-19(27)23(15)33/h2-12,33H,1H3,(H,30,31). The summed E-state index contributed by atoms with van der Waals surface area (Å²) >= 11 is 10.2. The summed E-state index contributed by atoms with van der Waals surface area (Å²) < 4.78 is 1.73. The molecular weight excluding hydrogens is 646 g/mol. The van der Waals surface area contributed by atoms with E-state index in [-0.39, 0.29) is 21.5 Å². The molecule has 0 aliphatic carbocycles. The molecule has 4 rings (SSSR count). The maximum absolute atomic E-state index is 11.2. The van der Waals surface area contributed by atoms with Gasteiger partial charge in [-0.25, -0.2) is 9.98 Å². The average molecular weight is 662 g/mol. The summed E-state index contributed by atoms with van der Waals surface area (Å²) in [7, 11) is 0. The Balaban J connectivity index is 1.78. The second kappa shape index (κ2) is 10.6. The predicted octanol–water partition coefficient (Wildman–Crippen LogP) is 7.15. The molecule has 0 bridgehead atoms. The minimum absolute atomic E-state index is 0.155. The number of hydrogen-bond acceptors (Lipinski definition) is 6. The van der Waals surface area contributed by atoms with Crippen LogP contribution in [0, 0.1) is 17.0 Å². The Hall–Kier alpha value is -3.15. The Labute approximate surface area is 225 Å². The van der Waals surface area contributed by atoms with Gasteiger partial charge in [-0.15, -0.1) is 0 Å². The molecule has 0 atom stereocenters. The third-order valence-corrected chi connectivity index (χ3v) is 6.70. The number of hydrazone groups is 1. The largest absolute Gasteiger partial charge is 0.506 e. The van der Waals surface area contributed by atoms with E-state index in [0.717, 1.165) is 25.4 Å². The summed E-state index contributed by atoms with van der Waals surface area (Å²) in [6.07, 6.45) is 1.28. The van der Waals surface area contributed by atoms with Gasteiger partial charge in [0.1, 0.15) is 11.4 Å². The normalized spacial score (nSPS) is 11.8. The first-order valence-electron chi connectivity index (χ1n) is 10.1. The van der Waals surface area contributed by atoms with E-state index in [2.05, 4.69) is 58.3 Å². The van der Waals surface area contributed by atoms with Crippen LogP contribution in [0.1, 0.15) is 16.8 Å². The zero-order valence-corrected chi connectivity index (χ0v) is 22.8. The second-order valence-corrected chi connectivity index (χ2v) is 9.98. The van der Waals surface area contributed by atoms with Crippen molar-refractivity contribution in [2.45, 2.75) is 6.92 Å². The molecule has 176 valence electrons. The van der Waals surface area contributed by atoms with Gasteiger partial charge in [0.25, 0.3) is 5.69 Å². The number of phenols is 1. The molecule has 0 fully saturated rings. The number of aromatic hydroxyl groups is 1. The number of halogens is 3. The SMILES string of the molecule is Cc1cc(Br)c(N=C(NN=Cc2cc([N+](=O)[O-])cc(Br)c2O)c2ccc3ccccc3n2)c(Br)c1. The van der Waals surface area contributed by atoms with E-state index in [0.29, 0.717) is 17.2 Å². The minimum atomic E-state index is -0.548. The van der Waals surface area contributed by atoms with E-state index in [1.807, 2.05) is 55.5 Å². The first-order valence-corrected chi connectivity index (χ1v) is 12.5. The molecule has 0 unspecified atom stereocenters. The Bertz CT molecular complexity index is 1500. The smallest absolute Gasteiger partial charge is 0.271 e. The zero-order chi connectivity index (χ0) is 25.1. The molecule has 0 radical (unpaired) electrons. The number of fused-ring (bicyclic) bond motifs is 1. The Kier molecular flexibility index (Phi) is 7.58. The maximum atomic E-state index is 11.2. The number of amidine groups is 1. The van der Waals surface area contributed by atoms with E-state index in [1.165, 1.54) is 18.3 Å². The molecule has 0 saturated heterocycles. The Morgan fingerprint density at radius 2 is 1.77 bits per heavy atom. The molecule has 4 aromatic rings. The number of para-hydroxylation sites is 1. The highest BCUT2D eigenvalue weighted by atomic mass is 79.9. The number of nitro groups is 1. The lowest BCUT2D eigenvalue weighted by Crippen LogP contribution is -2.20. The first-order chi connectivity index (χ1) is 16.7. The van der Waals surface area contributed by atoms with Gasteiger partial charge < -0.3 is 5.11 Å². The van der Waals surface area contributed by atoms with E-state index < -0.39 is 4.92 Å². The van der Waals surface area contributed by atoms with Crippen molar-refractivity contribution in [2.24, 2.45) is 10.1 Å². The van der Waals surface area contributed by atoms with Crippen LogP contribution in [0.3, 0.4) is 0 Å². The van der Waals surface area contributed by atoms with Crippen molar-refractivity contribution in [3.05, 3.63) is 101 Å². The van der Waals surface area contributed by atoms with Crippen molar-refractivity contribution >= 4 is 82.1 Å². The molecule has 0 aliphatic rings. The quantitative estimate of drug-likeness (QED) is 0.102. The summed E-state index contributed by atoms with van der Waals surface area (Å²) in [4.78, 5) is 20.1. The van der Waals surface area contributed by atoms with Gasteiger partial charge in [-0.1, -0.05) is 24.3 Å². The number of benzene rings is 3. The molecule has 35 heavy (non-hydrogen) atoms. The van der Waals surface area contributed by atoms with E-state index in [4.69, 9.17) is 9.98 Å². The average Bonchev–Trinajstić information content (AvgIpc) is 2.82. The van der Waals surface area contributed by atoms with Crippen LogP contribution in [0.2, 0.25) is 0 Å². The van der Waals surface area contributed by atoms with Gasteiger partial charge >= 0.3 is 0 Å². The van der Waals surface area contributed by atoms with Crippen LogP contribution >= 0.6 is 47.8 Å². The Morgan fingerprint density at radius 1 is 1.06 bits per heavy atom. The van der Waals surface area contributed by atoms with E-state index in [9.17, 15) is 15.2 Å². The summed E-state index contributed by atoms with van der Waals surface area (Å²) in [5.41, 5.74) is 5.84. The summed E-state index contributed by atoms with van der Waals surface area (Å²) in [6.45, 7) is 1.97. The molecule has 0 aliphatic heterocycles. The molecule has 3 aromatic carbocycles.